The highest BCUT2D eigenvalue weighted by Gasteiger charge is 2.23. The molecule has 3 rings (SSSR count). The number of nitrogens with zero attached hydrogens (tertiary/aromatic N) is 2. The molecule has 0 saturated carbocycles. The first-order chi connectivity index (χ1) is 10.1. The van der Waals surface area contributed by atoms with Gasteiger partial charge in [0.2, 0.25) is 0 Å². The lowest BCUT2D eigenvalue weighted by Crippen LogP contribution is -2.42. The molecule has 1 aromatic heterocycles. The number of carbonyl (C=O) groups is 1. The number of halogens is 3. The Morgan fingerprint density at radius 3 is 2.43 bits per heavy atom. The fourth-order valence-corrected chi connectivity index (χ4v) is 3.16. The van der Waals surface area contributed by atoms with Crippen molar-refractivity contribution in [3.8, 4) is 10.6 Å². The van der Waals surface area contributed by atoms with Crippen LogP contribution in [0.15, 0.2) is 29.6 Å². The molecule has 1 aromatic carbocycles. The van der Waals surface area contributed by atoms with Crippen molar-refractivity contribution in [3.63, 3.8) is 0 Å². The van der Waals surface area contributed by atoms with Crippen LogP contribution in [0.25, 0.3) is 10.6 Å². The maximum atomic E-state index is 12.9. The highest BCUT2D eigenvalue weighted by atomic mass is 35.5. The third kappa shape index (κ3) is 4.64. The number of benzene rings is 1. The van der Waals surface area contributed by atoms with Crippen LogP contribution in [-0.4, -0.2) is 34.9 Å². The molecule has 1 aliphatic rings. The summed E-state index contributed by atoms with van der Waals surface area (Å²) in [6.45, 7) is 1.37. The van der Waals surface area contributed by atoms with Gasteiger partial charge in [-0.1, -0.05) is 0 Å². The van der Waals surface area contributed by atoms with Crippen molar-refractivity contribution in [3.05, 3.63) is 41.2 Å². The van der Waals surface area contributed by atoms with Crippen molar-refractivity contribution < 1.29 is 9.18 Å². The first-order valence-electron chi connectivity index (χ1n) is 6.90. The molecule has 0 atom stereocenters. The third-order valence-electron chi connectivity index (χ3n) is 3.64. The van der Waals surface area contributed by atoms with Crippen molar-refractivity contribution in [2.24, 2.45) is 5.73 Å². The van der Waals surface area contributed by atoms with E-state index in [0.717, 1.165) is 23.4 Å². The zero-order valence-corrected chi connectivity index (χ0v) is 14.7. The van der Waals surface area contributed by atoms with Gasteiger partial charge in [0.05, 0.1) is 0 Å². The van der Waals surface area contributed by atoms with Crippen LogP contribution >= 0.6 is 36.2 Å². The average molecular weight is 378 g/mol. The molecule has 0 unspecified atom stereocenters. The van der Waals surface area contributed by atoms with E-state index in [0.29, 0.717) is 18.8 Å². The molecule has 0 bridgehead atoms. The minimum absolute atomic E-state index is 0. The monoisotopic (exact) mass is 377 g/mol. The summed E-state index contributed by atoms with van der Waals surface area (Å²) in [7, 11) is 0. The van der Waals surface area contributed by atoms with E-state index in [2.05, 4.69) is 4.98 Å². The summed E-state index contributed by atoms with van der Waals surface area (Å²) in [6.07, 6.45) is 1.67. The van der Waals surface area contributed by atoms with Gasteiger partial charge in [-0.15, -0.1) is 36.2 Å². The molecule has 1 amide bonds. The van der Waals surface area contributed by atoms with Crippen molar-refractivity contribution in [1.29, 1.82) is 0 Å². The van der Waals surface area contributed by atoms with Crippen LogP contribution in [0.3, 0.4) is 0 Å². The number of hydrogen-bond donors (Lipinski definition) is 1. The molecule has 2 N–H and O–H groups in total. The van der Waals surface area contributed by atoms with Gasteiger partial charge in [0.15, 0.2) is 0 Å². The molecule has 0 radical (unpaired) electrons. The van der Waals surface area contributed by atoms with Crippen LogP contribution in [0.2, 0.25) is 0 Å². The van der Waals surface area contributed by atoms with Gasteiger partial charge in [-0.05, 0) is 37.1 Å². The fourth-order valence-electron chi connectivity index (χ4n) is 2.36. The number of rotatable bonds is 2. The minimum atomic E-state index is -0.281. The molecular formula is C15H18Cl2FN3OS. The highest BCUT2D eigenvalue weighted by molar-refractivity contribution is 7.13. The van der Waals surface area contributed by atoms with Crippen LogP contribution < -0.4 is 5.73 Å². The van der Waals surface area contributed by atoms with Gasteiger partial charge in [-0.25, -0.2) is 9.37 Å². The molecule has 0 aliphatic carbocycles. The number of piperidine rings is 1. The van der Waals surface area contributed by atoms with Gasteiger partial charge < -0.3 is 10.6 Å². The molecule has 1 fully saturated rings. The summed E-state index contributed by atoms with van der Waals surface area (Å²) in [5.41, 5.74) is 7.12. The quantitative estimate of drug-likeness (QED) is 0.872. The van der Waals surface area contributed by atoms with Crippen LogP contribution in [0.4, 0.5) is 4.39 Å². The van der Waals surface area contributed by atoms with Crippen LogP contribution in [0.1, 0.15) is 23.3 Å². The van der Waals surface area contributed by atoms with E-state index >= 15 is 0 Å². The third-order valence-corrected chi connectivity index (χ3v) is 4.53. The smallest absolute Gasteiger partial charge is 0.273 e. The van der Waals surface area contributed by atoms with Gasteiger partial charge in [-0.3, -0.25) is 4.79 Å². The van der Waals surface area contributed by atoms with Crippen molar-refractivity contribution in [2.45, 2.75) is 18.9 Å². The molecule has 1 saturated heterocycles. The number of aromatic nitrogens is 1. The first kappa shape index (κ1) is 19.8. The SMILES string of the molecule is Cl.Cl.NC1CCN(C(=O)c2csc(-c3ccc(F)cc3)n2)CC1. The summed E-state index contributed by atoms with van der Waals surface area (Å²) < 4.78 is 12.9. The molecule has 126 valence electrons. The molecule has 2 aromatic rings. The van der Waals surface area contributed by atoms with Gasteiger partial charge >= 0.3 is 0 Å². The predicted octanol–water partition coefficient (Wildman–Crippen LogP) is 3.36. The van der Waals surface area contributed by atoms with Gasteiger partial charge in [0, 0.05) is 30.1 Å². The van der Waals surface area contributed by atoms with Crippen molar-refractivity contribution in [2.75, 3.05) is 13.1 Å². The molecule has 2 heterocycles. The molecule has 4 nitrogen and oxygen atoms in total. The normalized spacial score (nSPS) is 14.8. The van der Waals surface area contributed by atoms with Crippen LogP contribution in [0, 0.1) is 5.82 Å². The van der Waals surface area contributed by atoms with Crippen molar-refractivity contribution in [1.82, 2.24) is 9.88 Å². The van der Waals surface area contributed by atoms with Gasteiger partial charge in [-0.2, -0.15) is 0 Å². The standard InChI is InChI=1S/C15H16FN3OS.2ClH/c16-11-3-1-10(2-4-11)14-18-13(9-21-14)15(20)19-7-5-12(17)6-8-19;;/h1-4,9,12H,5-8,17H2;2*1H. The number of carbonyl (C=O) groups excluding carboxylic acids is 1. The first-order valence-corrected chi connectivity index (χ1v) is 7.78. The maximum Gasteiger partial charge on any atom is 0.273 e. The zero-order chi connectivity index (χ0) is 14.8. The van der Waals surface area contributed by atoms with Crippen LogP contribution in [-0.2, 0) is 0 Å². The highest BCUT2D eigenvalue weighted by Crippen LogP contribution is 2.25. The maximum absolute atomic E-state index is 12.9. The van der Waals surface area contributed by atoms with E-state index in [1.165, 1.54) is 23.5 Å². The largest absolute Gasteiger partial charge is 0.337 e. The second-order valence-electron chi connectivity index (χ2n) is 5.17. The van der Waals surface area contributed by atoms with E-state index in [4.69, 9.17) is 5.73 Å². The van der Waals surface area contributed by atoms with E-state index in [9.17, 15) is 9.18 Å². The number of nitrogens with two attached hydrogens (primary N) is 1. The lowest BCUT2D eigenvalue weighted by atomic mass is 10.1. The molecule has 23 heavy (non-hydrogen) atoms. The Morgan fingerprint density at radius 1 is 1.22 bits per heavy atom. The van der Waals surface area contributed by atoms with E-state index in [-0.39, 0.29) is 42.6 Å². The summed E-state index contributed by atoms with van der Waals surface area (Å²) in [4.78, 5) is 18.6. The topological polar surface area (TPSA) is 59.2 Å². The number of hydrogen-bond acceptors (Lipinski definition) is 4. The number of thiazole rings is 1. The Hall–Kier alpha value is -1.21. The summed E-state index contributed by atoms with van der Waals surface area (Å²) >= 11 is 1.40. The summed E-state index contributed by atoms with van der Waals surface area (Å²) in [5, 5.41) is 2.49. The molecule has 1 aliphatic heterocycles. The molecule has 0 spiro atoms. The van der Waals surface area contributed by atoms with Crippen molar-refractivity contribution >= 4 is 42.1 Å². The second-order valence-corrected chi connectivity index (χ2v) is 6.03. The van der Waals surface area contributed by atoms with Gasteiger partial charge in [0.1, 0.15) is 16.5 Å². The van der Waals surface area contributed by atoms with E-state index in [1.807, 2.05) is 0 Å². The Bertz CT molecular complexity index is 642. The van der Waals surface area contributed by atoms with E-state index < -0.39 is 0 Å². The summed E-state index contributed by atoms with van der Waals surface area (Å²) in [5.74, 6) is -0.331. The predicted molar refractivity (Wildman–Crippen MR) is 95.1 cm³/mol. The Balaban J connectivity index is 0.00000132. The lowest BCUT2D eigenvalue weighted by molar-refractivity contribution is 0.0709. The molecule has 8 heteroatoms. The number of likely N-dealkylation sites (tertiary alicyclic amines) is 1. The van der Waals surface area contributed by atoms with Crippen LogP contribution in [0.5, 0.6) is 0 Å². The zero-order valence-electron chi connectivity index (χ0n) is 12.3. The Labute approximate surface area is 150 Å². The Kier molecular flexibility index (Phi) is 7.41. The van der Waals surface area contributed by atoms with E-state index in [1.54, 1.807) is 22.4 Å². The van der Waals surface area contributed by atoms with Gasteiger partial charge in [0.25, 0.3) is 5.91 Å². The fraction of sp³-hybridized carbons (Fsp3) is 0.333. The second kappa shape index (κ2) is 8.59. The Morgan fingerprint density at radius 2 is 1.83 bits per heavy atom. The number of amides is 1. The minimum Gasteiger partial charge on any atom is -0.337 e. The summed E-state index contributed by atoms with van der Waals surface area (Å²) in [6, 6.07) is 6.32. The lowest BCUT2D eigenvalue weighted by Gasteiger charge is -2.29. The average Bonchev–Trinajstić information content (AvgIpc) is 2.98. The molecular weight excluding hydrogens is 360 g/mol.